The number of carbonyl (C=O) groups excluding carboxylic acids is 4. The van der Waals surface area contributed by atoms with E-state index < -0.39 is 17.8 Å². The summed E-state index contributed by atoms with van der Waals surface area (Å²) in [6, 6.07) is 40.6. The van der Waals surface area contributed by atoms with Crippen LogP contribution < -0.4 is 31.6 Å². The van der Waals surface area contributed by atoms with Crippen LogP contribution in [0.15, 0.2) is 138 Å². The predicted octanol–water partition coefficient (Wildman–Crippen LogP) is 11.2. The molecule has 17 heteroatoms. The SMILES string of the molecule is CC(=O)O.CNC(=O)[C@@H](CC(=O)c1ccc(OC(C)C)c(Cl)c1)Cc1ccc(C(=N)OC)cc1.CNC(=O)[C@@H](CC(=O)c1ccc(OC(C)C)c(Cl)c1)Cc1ccc(C2=Nc3ccccc3C2)cc1.Nc1ccccc1N. The van der Waals surface area contributed by atoms with Gasteiger partial charge in [-0.2, -0.15) is 0 Å². The zero-order chi connectivity index (χ0) is 56.8. The van der Waals surface area contributed by atoms with E-state index >= 15 is 0 Å². The summed E-state index contributed by atoms with van der Waals surface area (Å²) in [5.74, 6) is -1.39. The number of halogens is 2. The second-order valence-electron chi connectivity index (χ2n) is 18.3. The Morgan fingerprint density at radius 1 is 0.636 bits per heavy atom. The molecule has 0 aromatic heterocycles. The lowest BCUT2D eigenvalue weighted by molar-refractivity contribution is -0.134. The Morgan fingerprint density at radius 2 is 1.04 bits per heavy atom. The molecule has 15 nitrogen and oxygen atoms in total. The third-order valence-corrected chi connectivity index (χ3v) is 12.2. The number of fused-ring (bicyclic) bond motifs is 1. The standard InChI is InChI=1S/C29H29ClN2O3.C23H27ClN2O4.C6H8N2.C2H4O2/c1-18(2)35-28-13-12-22(15-24(28)30)27(33)17-23(29(34)31-3)14-19-8-10-20(11-9-19)26-16-21-6-4-5-7-25(21)32-26;1-14(2)30-21-10-9-17(12-19(21)24)20(27)13-18(23(28)26-3)11-15-5-7-16(8-6-15)22(25)29-4;7-5-3-1-2-4-6(5)8;1-2(3)4/h4-13,15,18,23H,14,16-17H2,1-3H3,(H,31,34);5-10,12,14,18,25H,11,13H2,1-4H3,(H,26,28);1-4H,7-8H2;1H3,(H,3,4)/t23-;18-;;/m11../s1. The van der Waals surface area contributed by atoms with Gasteiger partial charge in [0.1, 0.15) is 11.5 Å². The number of carboxylic acid groups (broad SMARTS) is 1. The van der Waals surface area contributed by atoms with Crippen molar-refractivity contribution in [2.45, 2.75) is 78.9 Å². The molecular weight excluding hydrogens is 1020 g/mol. The summed E-state index contributed by atoms with van der Waals surface area (Å²) in [4.78, 5) is 64.5. The molecular formula is C60H68Cl2N6O9. The minimum absolute atomic E-state index is 0.0193. The molecule has 0 saturated carbocycles. The first kappa shape index (κ1) is 61.5. The Morgan fingerprint density at radius 3 is 1.42 bits per heavy atom. The van der Waals surface area contributed by atoms with Crippen LogP contribution in [0, 0.1) is 17.2 Å². The summed E-state index contributed by atoms with van der Waals surface area (Å²) in [5.41, 5.74) is 19.9. The van der Waals surface area contributed by atoms with E-state index in [0.717, 1.165) is 41.4 Å². The lowest BCUT2D eigenvalue weighted by Gasteiger charge is -2.16. The molecule has 0 bridgehead atoms. The summed E-state index contributed by atoms with van der Waals surface area (Å²) in [7, 11) is 4.59. The van der Waals surface area contributed by atoms with E-state index in [2.05, 4.69) is 16.7 Å². The Balaban J connectivity index is 0.000000275. The van der Waals surface area contributed by atoms with Crippen molar-refractivity contribution in [3.8, 4) is 11.5 Å². The number of amides is 2. The topological polar surface area (TPSA) is 246 Å². The molecule has 0 saturated heterocycles. The van der Waals surface area contributed by atoms with Crippen LogP contribution in [-0.4, -0.2) is 79.5 Å². The molecule has 1 aliphatic rings. The van der Waals surface area contributed by atoms with Gasteiger partial charge in [0.25, 0.3) is 5.97 Å². The van der Waals surface area contributed by atoms with Crippen LogP contribution in [0.25, 0.3) is 0 Å². The third-order valence-electron chi connectivity index (χ3n) is 11.6. The van der Waals surface area contributed by atoms with Crippen LogP contribution in [0.5, 0.6) is 11.5 Å². The van der Waals surface area contributed by atoms with Gasteiger partial charge in [0.05, 0.1) is 52.1 Å². The second kappa shape index (κ2) is 30.5. The number of carboxylic acids is 1. The average molecular weight is 1090 g/mol. The number of hydrogen-bond acceptors (Lipinski definition) is 12. The van der Waals surface area contributed by atoms with E-state index in [1.807, 2.05) is 94.4 Å². The van der Waals surface area contributed by atoms with Crippen molar-refractivity contribution >= 4 is 81.2 Å². The highest BCUT2D eigenvalue weighted by atomic mass is 35.5. The number of methoxy groups -OCH3 is 1. The first-order valence-electron chi connectivity index (χ1n) is 24.8. The molecule has 1 aliphatic heterocycles. The Hall–Kier alpha value is -8.01. The van der Waals surface area contributed by atoms with Crippen molar-refractivity contribution in [1.29, 1.82) is 5.41 Å². The summed E-state index contributed by atoms with van der Waals surface area (Å²) < 4.78 is 16.2. The summed E-state index contributed by atoms with van der Waals surface area (Å²) in [6.07, 6.45) is 1.76. The Labute approximate surface area is 460 Å². The monoisotopic (exact) mass is 1090 g/mol. The number of nitrogen functional groups attached to an aromatic ring is 2. The van der Waals surface area contributed by atoms with E-state index in [1.165, 1.54) is 12.7 Å². The van der Waals surface area contributed by atoms with Crippen molar-refractivity contribution in [2.75, 3.05) is 32.7 Å². The normalized spacial score (nSPS) is 11.8. The molecule has 2 atom stereocenters. The van der Waals surface area contributed by atoms with Crippen molar-refractivity contribution in [3.05, 3.63) is 182 Å². The molecule has 77 heavy (non-hydrogen) atoms. The van der Waals surface area contributed by atoms with Gasteiger partial charge in [-0.05, 0) is 130 Å². The molecule has 8 N–H and O–H groups in total. The van der Waals surface area contributed by atoms with Gasteiger partial charge in [0.2, 0.25) is 17.7 Å². The fraction of sp³-hybridized carbons (Fsp3) is 0.283. The highest BCUT2D eigenvalue weighted by Gasteiger charge is 2.25. The fourth-order valence-electron chi connectivity index (χ4n) is 7.78. The van der Waals surface area contributed by atoms with E-state index in [4.69, 9.17) is 69.2 Å². The third kappa shape index (κ3) is 19.9. The van der Waals surface area contributed by atoms with Gasteiger partial charge in [-0.1, -0.05) is 89.9 Å². The second-order valence-corrected chi connectivity index (χ2v) is 19.2. The maximum Gasteiger partial charge on any atom is 0.300 e. The number of nitrogens with one attached hydrogen (secondary N) is 3. The lowest BCUT2D eigenvalue weighted by Crippen LogP contribution is -2.30. The Kier molecular flexibility index (Phi) is 24.4. The molecule has 406 valence electrons. The van der Waals surface area contributed by atoms with E-state index in [-0.39, 0.29) is 54.3 Å². The minimum Gasteiger partial charge on any atom is -0.489 e. The van der Waals surface area contributed by atoms with Crippen molar-refractivity contribution < 1.29 is 43.3 Å². The van der Waals surface area contributed by atoms with Crippen LogP contribution in [0.3, 0.4) is 0 Å². The van der Waals surface area contributed by atoms with Crippen molar-refractivity contribution in [1.82, 2.24) is 10.6 Å². The zero-order valence-electron chi connectivity index (χ0n) is 44.6. The smallest absolute Gasteiger partial charge is 0.300 e. The quantitative estimate of drug-likeness (QED) is 0.0204. The van der Waals surface area contributed by atoms with Crippen LogP contribution in [0.4, 0.5) is 17.1 Å². The van der Waals surface area contributed by atoms with E-state index in [0.29, 0.717) is 62.5 Å². The molecule has 0 unspecified atom stereocenters. The van der Waals surface area contributed by atoms with Gasteiger partial charge in [-0.15, -0.1) is 0 Å². The average Bonchev–Trinajstić information content (AvgIpc) is 3.84. The lowest BCUT2D eigenvalue weighted by atomic mass is 9.90. The molecule has 0 aliphatic carbocycles. The molecule has 7 rings (SSSR count). The molecule has 0 radical (unpaired) electrons. The molecule has 2 amide bonds. The first-order valence-corrected chi connectivity index (χ1v) is 25.6. The number of aliphatic carboxylic acids is 1. The molecule has 6 aromatic rings. The maximum atomic E-state index is 13.0. The van der Waals surface area contributed by atoms with Gasteiger partial charge < -0.3 is 41.4 Å². The number of carbonyl (C=O) groups is 5. The summed E-state index contributed by atoms with van der Waals surface area (Å²) in [6.45, 7) is 8.70. The summed E-state index contributed by atoms with van der Waals surface area (Å²) in [5, 5.41) is 21.2. The molecule has 0 fully saturated rings. The van der Waals surface area contributed by atoms with Crippen LogP contribution in [0.2, 0.25) is 10.0 Å². The fourth-order valence-corrected chi connectivity index (χ4v) is 8.23. The maximum absolute atomic E-state index is 13.0. The number of rotatable bonds is 18. The van der Waals surface area contributed by atoms with Crippen LogP contribution in [0.1, 0.15) is 96.0 Å². The number of ketones is 2. The van der Waals surface area contributed by atoms with Crippen LogP contribution >= 0.6 is 23.2 Å². The van der Waals surface area contributed by atoms with Gasteiger partial charge in [-0.3, -0.25) is 34.4 Å². The highest BCUT2D eigenvalue weighted by Crippen LogP contribution is 2.31. The highest BCUT2D eigenvalue weighted by molar-refractivity contribution is 6.32. The number of nitrogens with zero attached hydrogens (tertiary/aromatic N) is 1. The number of para-hydroxylation sites is 3. The Bertz CT molecular complexity index is 2990. The number of ether oxygens (including phenoxy) is 3. The molecule has 0 spiro atoms. The number of benzene rings is 6. The number of nitrogens with two attached hydrogens (primary N) is 2. The minimum atomic E-state index is -0.833. The number of Topliss-reactive ketones (excluding diaryl/α,β-unsaturated/α-hetero) is 2. The van der Waals surface area contributed by atoms with E-state index in [1.54, 1.807) is 74.8 Å². The van der Waals surface area contributed by atoms with E-state index in [9.17, 15) is 19.2 Å². The number of hydrogen-bond donors (Lipinski definition) is 6. The predicted molar refractivity (Wildman–Crippen MR) is 306 cm³/mol. The van der Waals surface area contributed by atoms with Gasteiger partial charge in [0.15, 0.2) is 11.6 Å². The largest absolute Gasteiger partial charge is 0.489 e. The van der Waals surface area contributed by atoms with Crippen molar-refractivity contribution in [3.63, 3.8) is 0 Å². The number of aliphatic imine (C=N–C) groups is 1. The molecule has 6 aromatic carbocycles. The summed E-state index contributed by atoms with van der Waals surface area (Å²) >= 11 is 12.5. The zero-order valence-corrected chi connectivity index (χ0v) is 46.1. The number of anilines is 2. The van der Waals surface area contributed by atoms with Gasteiger partial charge in [-0.25, -0.2) is 0 Å². The van der Waals surface area contributed by atoms with Gasteiger partial charge in [0, 0.05) is 68.8 Å². The van der Waals surface area contributed by atoms with Gasteiger partial charge >= 0.3 is 0 Å². The van der Waals surface area contributed by atoms with Crippen molar-refractivity contribution in [2.24, 2.45) is 16.8 Å². The molecule has 1 heterocycles. The van der Waals surface area contributed by atoms with Crippen LogP contribution in [-0.2, 0) is 38.4 Å². The first-order chi connectivity index (χ1) is 36.6.